The first-order valence-electron chi connectivity index (χ1n) is 8.17. The van der Waals surface area contributed by atoms with E-state index < -0.39 is 23.4 Å². The highest BCUT2D eigenvalue weighted by molar-refractivity contribution is 5.76. The summed E-state index contributed by atoms with van der Waals surface area (Å²) >= 11 is 0. The standard InChI is InChI=1S/C18H17F2N5O2/c1-11(23-17(26)10-24-7-3-6-21-18(24)27)14-9-22-25(12(14)2)16-5-4-13(19)8-15(16)20/h3-9,11H,10H2,1-2H3,(H,23,26)/t11-/m1/s1. The molecule has 0 unspecified atom stereocenters. The molecule has 1 atom stereocenters. The van der Waals surface area contributed by atoms with E-state index in [1.165, 1.54) is 33.9 Å². The van der Waals surface area contributed by atoms with Crippen LogP contribution in [0.3, 0.4) is 0 Å². The van der Waals surface area contributed by atoms with Gasteiger partial charge in [0.25, 0.3) is 0 Å². The molecule has 0 saturated heterocycles. The van der Waals surface area contributed by atoms with E-state index in [1.807, 2.05) is 0 Å². The van der Waals surface area contributed by atoms with Crippen LogP contribution in [0.15, 0.2) is 47.7 Å². The summed E-state index contributed by atoms with van der Waals surface area (Å²) in [5.41, 5.74) is 0.870. The van der Waals surface area contributed by atoms with E-state index in [1.54, 1.807) is 19.9 Å². The Bertz CT molecular complexity index is 1040. The lowest BCUT2D eigenvalue weighted by Gasteiger charge is -2.15. The molecule has 0 aliphatic heterocycles. The Kier molecular flexibility index (Phi) is 5.11. The van der Waals surface area contributed by atoms with Gasteiger partial charge in [0.15, 0.2) is 5.82 Å². The molecule has 1 aromatic carbocycles. The summed E-state index contributed by atoms with van der Waals surface area (Å²) in [7, 11) is 0. The van der Waals surface area contributed by atoms with Gasteiger partial charge in [-0.2, -0.15) is 5.10 Å². The van der Waals surface area contributed by atoms with Gasteiger partial charge in [-0.3, -0.25) is 9.36 Å². The fourth-order valence-electron chi connectivity index (χ4n) is 2.77. The molecule has 3 rings (SSSR count). The second-order valence-corrected chi connectivity index (χ2v) is 6.01. The maximum Gasteiger partial charge on any atom is 0.347 e. The first-order valence-corrected chi connectivity index (χ1v) is 8.17. The monoisotopic (exact) mass is 373 g/mol. The minimum atomic E-state index is -0.736. The number of carbonyl (C=O) groups excluding carboxylic acids is 1. The van der Waals surface area contributed by atoms with Gasteiger partial charge in [-0.05, 0) is 32.0 Å². The average molecular weight is 373 g/mol. The molecule has 9 heteroatoms. The number of benzene rings is 1. The predicted octanol–water partition coefficient (Wildman–Crippen LogP) is 1.89. The Labute approximate surface area is 153 Å². The van der Waals surface area contributed by atoms with Crippen LogP contribution in [-0.4, -0.2) is 25.2 Å². The zero-order valence-corrected chi connectivity index (χ0v) is 14.7. The topological polar surface area (TPSA) is 81.8 Å². The van der Waals surface area contributed by atoms with Gasteiger partial charge < -0.3 is 5.32 Å². The molecule has 0 saturated carbocycles. The fraction of sp³-hybridized carbons (Fsp3) is 0.222. The SMILES string of the molecule is Cc1c([C@@H](C)NC(=O)Cn2cccnc2=O)cnn1-c1ccc(F)cc1F. The van der Waals surface area contributed by atoms with Crippen molar-refractivity contribution in [1.29, 1.82) is 0 Å². The van der Waals surface area contributed by atoms with Crippen molar-refractivity contribution < 1.29 is 13.6 Å². The maximum atomic E-state index is 14.0. The maximum absolute atomic E-state index is 14.0. The molecule has 0 radical (unpaired) electrons. The smallest absolute Gasteiger partial charge is 0.347 e. The molecule has 0 spiro atoms. The van der Waals surface area contributed by atoms with Gasteiger partial charge in [0.1, 0.15) is 18.0 Å². The largest absolute Gasteiger partial charge is 0.348 e. The van der Waals surface area contributed by atoms with E-state index in [4.69, 9.17) is 0 Å². The number of amides is 1. The zero-order valence-electron chi connectivity index (χ0n) is 14.7. The third-order valence-corrected chi connectivity index (χ3v) is 4.13. The van der Waals surface area contributed by atoms with Gasteiger partial charge in [0, 0.05) is 29.7 Å². The molecular formula is C18H17F2N5O2. The summed E-state index contributed by atoms with van der Waals surface area (Å²) in [6.45, 7) is 3.30. The number of carbonyl (C=O) groups is 1. The summed E-state index contributed by atoms with van der Waals surface area (Å²) in [4.78, 5) is 27.4. The molecule has 1 amide bonds. The molecule has 1 N–H and O–H groups in total. The van der Waals surface area contributed by atoms with Crippen LogP contribution in [0.2, 0.25) is 0 Å². The van der Waals surface area contributed by atoms with Gasteiger partial charge in [0.05, 0.1) is 12.2 Å². The van der Waals surface area contributed by atoms with Gasteiger partial charge in [-0.1, -0.05) is 0 Å². The van der Waals surface area contributed by atoms with Crippen molar-refractivity contribution in [2.75, 3.05) is 0 Å². The van der Waals surface area contributed by atoms with Crippen molar-refractivity contribution in [3.05, 3.63) is 76.2 Å². The third-order valence-electron chi connectivity index (χ3n) is 4.13. The molecule has 2 aromatic heterocycles. The number of halogens is 2. The first-order chi connectivity index (χ1) is 12.9. The lowest BCUT2D eigenvalue weighted by atomic mass is 10.1. The number of aromatic nitrogens is 4. The van der Waals surface area contributed by atoms with Crippen LogP contribution in [0.4, 0.5) is 8.78 Å². The molecule has 7 nitrogen and oxygen atoms in total. The molecule has 0 bridgehead atoms. The predicted molar refractivity (Wildman–Crippen MR) is 93.3 cm³/mol. The normalized spacial score (nSPS) is 12.0. The Morgan fingerprint density at radius 3 is 2.81 bits per heavy atom. The number of nitrogens with zero attached hydrogens (tertiary/aromatic N) is 4. The second-order valence-electron chi connectivity index (χ2n) is 6.01. The van der Waals surface area contributed by atoms with Gasteiger partial charge in [-0.15, -0.1) is 0 Å². The Morgan fingerprint density at radius 2 is 2.11 bits per heavy atom. The Balaban J connectivity index is 1.77. The van der Waals surface area contributed by atoms with Crippen LogP contribution < -0.4 is 11.0 Å². The van der Waals surface area contributed by atoms with Crippen molar-refractivity contribution in [2.24, 2.45) is 0 Å². The summed E-state index contributed by atoms with van der Waals surface area (Å²) in [6, 6.07) is 4.36. The highest BCUT2D eigenvalue weighted by Gasteiger charge is 2.18. The molecule has 27 heavy (non-hydrogen) atoms. The molecule has 0 aliphatic carbocycles. The fourth-order valence-corrected chi connectivity index (χ4v) is 2.77. The summed E-state index contributed by atoms with van der Waals surface area (Å²) in [5.74, 6) is -1.79. The lowest BCUT2D eigenvalue weighted by Crippen LogP contribution is -2.34. The number of hydrogen-bond donors (Lipinski definition) is 1. The molecule has 2 heterocycles. The second kappa shape index (κ2) is 7.48. The molecule has 3 aromatic rings. The highest BCUT2D eigenvalue weighted by Crippen LogP contribution is 2.22. The summed E-state index contributed by atoms with van der Waals surface area (Å²) in [6.07, 6.45) is 4.34. The zero-order chi connectivity index (χ0) is 19.6. The van der Waals surface area contributed by atoms with Crippen LogP contribution in [0.5, 0.6) is 0 Å². The molecular weight excluding hydrogens is 356 g/mol. The number of nitrogens with one attached hydrogen (secondary N) is 1. The van der Waals surface area contributed by atoms with Crippen LogP contribution in [-0.2, 0) is 11.3 Å². The van der Waals surface area contributed by atoms with Crippen LogP contribution in [0.25, 0.3) is 5.69 Å². The quantitative estimate of drug-likeness (QED) is 0.741. The molecule has 140 valence electrons. The minimum Gasteiger partial charge on any atom is -0.348 e. The van der Waals surface area contributed by atoms with Crippen molar-refractivity contribution in [3.63, 3.8) is 0 Å². The Morgan fingerprint density at radius 1 is 1.33 bits per heavy atom. The van der Waals surface area contributed by atoms with Crippen molar-refractivity contribution >= 4 is 5.91 Å². The summed E-state index contributed by atoms with van der Waals surface area (Å²) in [5, 5.41) is 6.91. The van der Waals surface area contributed by atoms with E-state index in [-0.39, 0.29) is 18.1 Å². The minimum absolute atomic E-state index is 0.112. The van der Waals surface area contributed by atoms with E-state index in [9.17, 15) is 18.4 Å². The van der Waals surface area contributed by atoms with Crippen molar-refractivity contribution in [3.8, 4) is 5.69 Å². The van der Waals surface area contributed by atoms with Crippen LogP contribution in [0.1, 0.15) is 24.2 Å². The summed E-state index contributed by atoms with van der Waals surface area (Å²) < 4.78 is 29.6. The number of hydrogen-bond acceptors (Lipinski definition) is 4. The van der Waals surface area contributed by atoms with Crippen LogP contribution >= 0.6 is 0 Å². The van der Waals surface area contributed by atoms with Gasteiger partial charge in [0.2, 0.25) is 5.91 Å². The highest BCUT2D eigenvalue weighted by atomic mass is 19.1. The van der Waals surface area contributed by atoms with Crippen molar-refractivity contribution in [2.45, 2.75) is 26.4 Å². The van der Waals surface area contributed by atoms with Gasteiger partial charge >= 0.3 is 5.69 Å². The van der Waals surface area contributed by atoms with E-state index >= 15 is 0 Å². The Hall–Kier alpha value is -3.36. The average Bonchev–Trinajstić information content (AvgIpc) is 2.98. The first kappa shape index (κ1) is 18.4. The lowest BCUT2D eigenvalue weighted by molar-refractivity contribution is -0.122. The molecule has 0 aliphatic rings. The van der Waals surface area contributed by atoms with E-state index in [0.29, 0.717) is 11.3 Å². The third kappa shape index (κ3) is 3.91. The van der Waals surface area contributed by atoms with Crippen LogP contribution in [0, 0.1) is 18.6 Å². The number of rotatable bonds is 5. The molecule has 0 fully saturated rings. The van der Waals surface area contributed by atoms with Gasteiger partial charge in [-0.25, -0.2) is 23.2 Å². The van der Waals surface area contributed by atoms with E-state index in [0.717, 1.165) is 12.1 Å². The van der Waals surface area contributed by atoms with E-state index in [2.05, 4.69) is 15.4 Å². The van der Waals surface area contributed by atoms with Crippen molar-refractivity contribution in [1.82, 2.24) is 24.6 Å².